The molecule has 0 unspecified atom stereocenters. The summed E-state index contributed by atoms with van der Waals surface area (Å²) in [6, 6.07) is 13.4. The van der Waals surface area contributed by atoms with E-state index in [1.54, 1.807) is 10.8 Å². The van der Waals surface area contributed by atoms with Gasteiger partial charge in [0.15, 0.2) is 6.29 Å². The van der Waals surface area contributed by atoms with Crippen LogP contribution in [0.3, 0.4) is 0 Å². The average Bonchev–Trinajstić information content (AvgIpc) is 2.93. The van der Waals surface area contributed by atoms with Gasteiger partial charge in [-0.15, -0.1) is 0 Å². The van der Waals surface area contributed by atoms with Crippen LogP contribution in [0.2, 0.25) is 0 Å². The first kappa shape index (κ1) is 16.9. The predicted molar refractivity (Wildman–Crippen MR) is 105 cm³/mol. The van der Waals surface area contributed by atoms with E-state index >= 15 is 0 Å². The molecule has 0 aliphatic heterocycles. The van der Waals surface area contributed by atoms with Crippen LogP contribution in [0.4, 0.5) is 0 Å². The quantitative estimate of drug-likeness (QED) is 0.421. The first-order chi connectivity index (χ1) is 11.3. The van der Waals surface area contributed by atoms with Crippen LogP contribution in [-0.4, -0.2) is 16.8 Å². The van der Waals surface area contributed by atoms with E-state index in [9.17, 15) is 9.59 Å². The molecule has 1 aromatic heterocycles. The average molecular weight is 431 g/mol. The van der Waals surface area contributed by atoms with Crippen LogP contribution in [-0.2, 0) is 5.41 Å². The first-order valence-electron chi connectivity index (χ1n) is 7.73. The molecule has 0 radical (unpaired) electrons. The Bertz CT molecular complexity index is 931. The third kappa shape index (κ3) is 2.90. The van der Waals surface area contributed by atoms with E-state index in [-0.39, 0.29) is 11.3 Å². The fraction of sp³-hybridized carbons (Fsp3) is 0.200. The molecule has 4 heteroatoms. The molecule has 0 spiro atoms. The van der Waals surface area contributed by atoms with Gasteiger partial charge >= 0.3 is 0 Å². The Morgan fingerprint density at radius 3 is 2.33 bits per heavy atom. The topological polar surface area (TPSA) is 39.1 Å². The molecule has 24 heavy (non-hydrogen) atoms. The summed E-state index contributed by atoms with van der Waals surface area (Å²) in [5, 5.41) is 0.827. The molecule has 3 aromatic rings. The van der Waals surface area contributed by atoms with Crippen molar-refractivity contribution in [2.24, 2.45) is 0 Å². The van der Waals surface area contributed by atoms with E-state index in [0.29, 0.717) is 11.1 Å². The van der Waals surface area contributed by atoms with Gasteiger partial charge in [-0.2, -0.15) is 0 Å². The minimum Gasteiger partial charge on any atom is -0.298 e. The van der Waals surface area contributed by atoms with E-state index in [1.165, 1.54) is 5.56 Å². The number of hydrogen-bond acceptors (Lipinski definition) is 2. The number of halogens is 1. The highest BCUT2D eigenvalue weighted by atomic mass is 127. The fourth-order valence-corrected chi connectivity index (χ4v) is 3.58. The minimum atomic E-state index is -0.129. The lowest BCUT2D eigenvalue weighted by Crippen LogP contribution is -2.13. The number of aromatic nitrogens is 1. The van der Waals surface area contributed by atoms with Crippen molar-refractivity contribution < 1.29 is 9.59 Å². The maximum absolute atomic E-state index is 12.9. The highest BCUT2D eigenvalue weighted by Gasteiger charge is 2.18. The Kier molecular flexibility index (Phi) is 4.34. The highest BCUT2D eigenvalue weighted by molar-refractivity contribution is 14.1. The monoisotopic (exact) mass is 431 g/mol. The Morgan fingerprint density at radius 1 is 1.08 bits per heavy atom. The van der Waals surface area contributed by atoms with Crippen LogP contribution in [0.5, 0.6) is 0 Å². The smallest absolute Gasteiger partial charge is 0.262 e. The van der Waals surface area contributed by atoms with Crippen molar-refractivity contribution in [3.63, 3.8) is 0 Å². The van der Waals surface area contributed by atoms with E-state index in [2.05, 4.69) is 43.4 Å². The molecule has 0 amide bonds. The molecule has 0 aliphatic rings. The van der Waals surface area contributed by atoms with Gasteiger partial charge in [-0.3, -0.25) is 14.2 Å². The lowest BCUT2D eigenvalue weighted by atomic mass is 9.87. The Labute approximate surface area is 154 Å². The molecule has 0 N–H and O–H groups in total. The zero-order valence-corrected chi connectivity index (χ0v) is 16.0. The molecule has 0 saturated carbocycles. The van der Waals surface area contributed by atoms with E-state index < -0.39 is 0 Å². The molecular formula is C20H18INO2. The van der Waals surface area contributed by atoms with Crippen molar-refractivity contribution in [2.75, 3.05) is 0 Å². The molecule has 1 heterocycles. The van der Waals surface area contributed by atoms with Crippen LogP contribution >= 0.6 is 22.6 Å². The third-order valence-electron chi connectivity index (χ3n) is 4.15. The summed E-state index contributed by atoms with van der Waals surface area (Å²) in [5.41, 5.74) is 3.13. The zero-order valence-electron chi connectivity index (χ0n) is 13.8. The van der Waals surface area contributed by atoms with Crippen LogP contribution in [0.15, 0.2) is 48.7 Å². The molecular weight excluding hydrogens is 413 g/mol. The summed E-state index contributed by atoms with van der Waals surface area (Å²) in [5.74, 6) is -0.129. The Morgan fingerprint density at radius 2 is 1.75 bits per heavy atom. The van der Waals surface area contributed by atoms with Crippen molar-refractivity contribution in [1.29, 1.82) is 0 Å². The number of aldehydes is 1. The maximum atomic E-state index is 12.9. The molecule has 3 rings (SSSR count). The van der Waals surface area contributed by atoms with Gasteiger partial charge in [0.25, 0.3) is 5.91 Å². The summed E-state index contributed by atoms with van der Waals surface area (Å²) >= 11 is 2.19. The first-order valence-corrected chi connectivity index (χ1v) is 8.81. The Balaban J connectivity index is 2.09. The molecule has 0 saturated heterocycles. The van der Waals surface area contributed by atoms with Crippen molar-refractivity contribution in [3.8, 4) is 0 Å². The molecule has 122 valence electrons. The van der Waals surface area contributed by atoms with Gasteiger partial charge in [0.05, 0.1) is 5.52 Å². The maximum Gasteiger partial charge on any atom is 0.262 e. The van der Waals surface area contributed by atoms with Crippen molar-refractivity contribution >= 4 is 45.7 Å². The van der Waals surface area contributed by atoms with Crippen molar-refractivity contribution in [1.82, 2.24) is 4.57 Å². The molecule has 0 aliphatic carbocycles. The number of carbonyl (C=O) groups excluding carboxylic acids is 2. The number of fused-ring (bicyclic) bond motifs is 1. The summed E-state index contributed by atoms with van der Waals surface area (Å²) < 4.78 is 2.52. The number of rotatable bonds is 2. The third-order valence-corrected chi connectivity index (χ3v) is 5.05. The highest BCUT2D eigenvalue weighted by Crippen LogP contribution is 2.27. The lowest BCUT2D eigenvalue weighted by Gasteiger charge is -2.19. The SMILES string of the molecule is CC(C)(C)c1ccc(C(=O)n2cc(C=O)c3c(I)cccc32)cc1. The number of benzene rings is 2. The predicted octanol–water partition coefficient (Wildman–Crippen LogP) is 5.04. The second-order valence-electron chi connectivity index (χ2n) is 6.84. The van der Waals surface area contributed by atoms with Gasteiger partial charge in [0, 0.05) is 26.3 Å². The summed E-state index contributed by atoms with van der Waals surface area (Å²) in [6.07, 6.45) is 2.43. The summed E-state index contributed by atoms with van der Waals surface area (Å²) in [6.45, 7) is 6.42. The molecule has 0 bridgehead atoms. The van der Waals surface area contributed by atoms with Gasteiger partial charge < -0.3 is 0 Å². The number of nitrogens with zero attached hydrogens (tertiary/aromatic N) is 1. The standard InChI is InChI=1S/C20H18INO2/c1-20(2,3)15-9-7-13(8-10-15)19(24)22-11-14(12-23)18-16(21)5-4-6-17(18)22/h4-12H,1-3H3. The van der Waals surface area contributed by atoms with Crippen LogP contribution in [0.25, 0.3) is 10.9 Å². The van der Waals surface area contributed by atoms with Crippen LogP contribution in [0, 0.1) is 3.57 Å². The van der Waals surface area contributed by atoms with Crippen molar-refractivity contribution in [2.45, 2.75) is 26.2 Å². The van der Waals surface area contributed by atoms with Gasteiger partial charge in [0.2, 0.25) is 0 Å². The van der Waals surface area contributed by atoms with Gasteiger partial charge in [-0.25, -0.2) is 0 Å². The number of carbonyl (C=O) groups is 2. The van der Waals surface area contributed by atoms with E-state index in [0.717, 1.165) is 20.8 Å². The summed E-state index contributed by atoms with van der Waals surface area (Å²) in [7, 11) is 0. The second-order valence-corrected chi connectivity index (χ2v) is 8.00. The van der Waals surface area contributed by atoms with Gasteiger partial charge in [-0.1, -0.05) is 39.0 Å². The van der Waals surface area contributed by atoms with Gasteiger partial charge in [0.1, 0.15) is 0 Å². The molecule has 0 fully saturated rings. The van der Waals surface area contributed by atoms with Crippen LogP contribution in [0.1, 0.15) is 47.1 Å². The minimum absolute atomic E-state index is 0.0442. The second kappa shape index (κ2) is 6.16. The Hall–Kier alpha value is -1.95. The zero-order chi connectivity index (χ0) is 17.5. The summed E-state index contributed by atoms with van der Waals surface area (Å²) in [4.78, 5) is 24.3. The molecule has 3 nitrogen and oxygen atoms in total. The molecule has 0 atom stereocenters. The fourth-order valence-electron chi connectivity index (χ4n) is 2.78. The van der Waals surface area contributed by atoms with Gasteiger partial charge in [-0.05, 0) is 57.8 Å². The normalized spacial score (nSPS) is 11.7. The van der Waals surface area contributed by atoms with E-state index in [1.807, 2.05) is 42.5 Å². The van der Waals surface area contributed by atoms with Crippen LogP contribution < -0.4 is 0 Å². The number of hydrogen-bond donors (Lipinski definition) is 0. The largest absolute Gasteiger partial charge is 0.298 e. The molecule has 2 aromatic carbocycles. The van der Waals surface area contributed by atoms with E-state index in [4.69, 9.17) is 0 Å². The van der Waals surface area contributed by atoms with Crippen molar-refractivity contribution in [3.05, 3.63) is 68.9 Å². The lowest BCUT2D eigenvalue weighted by molar-refractivity contribution is 0.0965.